The first-order chi connectivity index (χ1) is 14.0. The predicted molar refractivity (Wildman–Crippen MR) is 114 cm³/mol. The molecular formula is C20H18N4O3S2. The summed E-state index contributed by atoms with van der Waals surface area (Å²) in [6.07, 6.45) is 3.39. The topological polar surface area (TPSA) is 89.9 Å². The number of aromatic amines is 1. The highest BCUT2D eigenvalue weighted by Gasteiger charge is 2.20. The fourth-order valence-electron chi connectivity index (χ4n) is 3.02. The van der Waals surface area contributed by atoms with E-state index < -0.39 is 5.97 Å². The highest BCUT2D eigenvalue weighted by atomic mass is 32.2. The molecule has 3 aromatic heterocycles. The fourth-order valence-corrected chi connectivity index (χ4v) is 4.62. The van der Waals surface area contributed by atoms with Crippen molar-refractivity contribution in [1.82, 2.24) is 19.5 Å². The lowest BCUT2D eigenvalue weighted by Crippen LogP contribution is -2.16. The van der Waals surface area contributed by atoms with Crippen LogP contribution in [0.3, 0.4) is 0 Å². The molecule has 0 bridgehead atoms. The number of hydrogen-bond acceptors (Lipinski definition) is 7. The molecule has 0 spiro atoms. The minimum atomic E-state index is -0.539. The van der Waals surface area contributed by atoms with E-state index in [2.05, 4.69) is 15.0 Å². The van der Waals surface area contributed by atoms with Crippen LogP contribution in [-0.4, -0.2) is 31.7 Å². The number of H-pyrrole nitrogens is 1. The smallest absolute Gasteiger partial charge is 0.357 e. The second-order valence-electron chi connectivity index (χ2n) is 6.35. The number of carbonyl (C=O) groups is 1. The third-order valence-electron chi connectivity index (χ3n) is 4.56. The van der Waals surface area contributed by atoms with Crippen molar-refractivity contribution >= 4 is 39.3 Å². The Morgan fingerprint density at radius 1 is 1.28 bits per heavy atom. The van der Waals surface area contributed by atoms with Crippen molar-refractivity contribution in [2.24, 2.45) is 0 Å². The van der Waals surface area contributed by atoms with Crippen molar-refractivity contribution in [3.8, 4) is 5.69 Å². The van der Waals surface area contributed by atoms with Crippen LogP contribution >= 0.6 is 23.1 Å². The molecule has 0 aliphatic rings. The Labute approximate surface area is 174 Å². The van der Waals surface area contributed by atoms with Gasteiger partial charge in [-0.25, -0.2) is 14.8 Å². The summed E-state index contributed by atoms with van der Waals surface area (Å²) < 4.78 is 7.19. The van der Waals surface area contributed by atoms with Gasteiger partial charge in [0, 0.05) is 10.6 Å². The molecule has 0 amide bonds. The monoisotopic (exact) mass is 426 g/mol. The molecular weight excluding hydrogens is 408 g/mol. The van der Waals surface area contributed by atoms with Crippen LogP contribution in [-0.2, 0) is 11.3 Å². The summed E-state index contributed by atoms with van der Waals surface area (Å²) in [7, 11) is 0. The van der Waals surface area contributed by atoms with Crippen LogP contribution < -0.4 is 5.56 Å². The number of fused-ring (bicyclic) bond motifs is 1. The minimum absolute atomic E-state index is 0.130. The molecule has 7 nitrogen and oxygen atoms in total. The number of nitrogens with zero attached hydrogens (tertiary/aromatic N) is 3. The van der Waals surface area contributed by atoms with E-state index in [1.54, 1.807) is 4.57 Å². The van der Waals surface area contributed by atoms with Gasteiger partial charge < -0.3 is 9.72 Å². The largest absolute Gasteiger partial charge is 0.453 e. The van der Waals surface area contributed by atoms with Gasteiger partial charge in [0.15, 0.2) is 10.9 Å². The minimum Gasteiger partial charge on any atom is -0.453 e. The lowest BCUT2D eigenvalue weighted by atomic mass is 10.2. The maximum absolute atomic E-state index is 12.7. The molecule has 148 valence electrons. The Hall–Kier alpha value is -2.91. The van der Waals surface area contributed by atoms with E-state index in [0.29, 0.717) is 26.9 Å². The van der Waals surface area contributed by atoms with E-state index in [1.165, 1.54) is 29.3 Å². The molecule has 4 rings (SSSR count). The Bertz CT molecular complexity index is 1260. The molecule has 0 unspecified atom stereocenters. The van der Waals surface area contributed by atoms with Crippen LogP contribution in [0, 0.1) is 13.8 Å². The maximum Gasteiger partial charge on any atom is 0.357 e. The zero-order chi connectivity index (χ0) is 20.5. The lowest BCUT2D eigenvalue weighted by molar-refractivity contribution is 0.0452. The number of ether oxygens (including phenoxy) is 1. The summed E-state index contributed by atoms with van der Waals surface area (Å²) in [5.41, 5.74) is 1.84. The average Bonchev–Trinajstić information content (AvgIpc) is 3.28. The Morgan fingerprint density at radius 2 is 2.03 bits per heavy atom. The van der Waals surface area contributed by atoms with E-state index in [-0.39, 0.29) is 12.2 Å². The molecule has 0 aliphatic carbocycles. The molecule has 4 aromatic rings. The van der Waals surface area contributed by atoms with Gasteiger partial charge in [-0.05, 0) is 37.8 Å². The molecule has 3 heterocycles. The second kappa shape index (κ2) is 7.84. The summed E-state index contributed by atoms with van der Waals surface area (Å²) in [6, 6.07) is 9.48. The summed E-state index contributed by atoms with van der Waals surface area (Å²) in [5.74, 6) is -0.226. The number of aromatic nitrogens is 4. The summed E-state index contributed by atoms with van der Waals surface area (Å²) >= 11 is 2.89. The number of nitrogens with one attached hydrogen (secondary N) is 1. The number of esters is 1. The van der Waals surface area contributed by atoms with Gasteiger partial charge in [0.2, 0.25) is 0 Å². The molecule has 9 heteroatoms. The highest BCUT2D eigenvalue weighted by molar-refractivity contribution is 7.98. The predicted octanol–water partition coefficient (Wildman–Crippen LogP) is 3.87. The van der Waals surface area contributed by atoms with E-state index in [0.717, 1.165) is 16.1 Å². The molecule has 0 saturated heterocycles. The zero-order valence-corrected chi connectivity index (χ0v) is 17.7. The van der Waals surface area contributed by atoms with Crippen molar-refractivity contribution in [2.45, 2.75) is 25.6 Å². The SMILES string of the molecule is CSc1ncc(C(=O)OCc2nc3sc(C)c(C)c3c(=O)[nH]2)n1-c1ccccc1. The number of thioether (sulfide) groups is 1. The zero-order valence-electron chi connectivity index (χ0n) is 16.1. The maximum atomic E-state index is 12.7. The molecule has 1 N–H and O–H groups in total. The number of aryl methyl sites for hydroxylation is 2. The molecule has 0 fully saturated rings. The highest BCUT2D eigenvalue weighted by Crippen LogP contribution is 2.26. The molecule has 0 saturated carbocycles. The number of rotatable bonds is 5. The van der Waals surface area contributed by atoms with Gasteiger partial charge in [-0.3, -0.25) is 9.36 Å². The number of carbonyl (C=O) groups excluding carboxylic acids is 1. The van der Waals surface area contributed by atoms with Crippen LogP contribution in [0.25, 0.3) is 15.9 Å². The second-order valence-corrected chi connectivity index (χ2v) is 8.33. The number of hydrogen-bond donors (Lipinski definition) is 1. The van der Waals surface area contributed by atoms with Crippen LogP contribution in [0.5, 0.6) is 0 Å². The molecule has 0 aliphatic heterocycles. The number of thiophene rings is 1. The van der Waals surface area contributed by atoms with Crippen molar-refractivity contribution in [3.05, 3.63) is 68.8 Å². The quantitative estimate of drug-likeness (QED) is 0.385. The van der Waals surface area contributed by atoms with Crippen LogP contribution in [0.1, 0.15) is 26.8 Å². The summed E-state index contributed by atoms with van der Waals surface area (Å²) in [6.45, 7) is 3.72. The van der Waals surface area contributed by atoms with E-state index >= 15 is 0 Å². The van der Waals surface area contributed by atoms with Gasteiger partial charge in [-0.2, -0.15) is 0 Å². The Balaban J connectivity index is 1.61. The van der Waals surface area contributed by atoms with Crippen molar-refractivity contribution in [2.75, 3.05) is 6.26 Å². The first-order valence-electron chi connectivity index (χ1n) is 8.82. The number of para-hydroxylation sites is 1. The van der Waals surface area contributed by atoms with Crippen molar-refractivity contribution in [3.63, 3.8) is 0 Å². The Morgan fingerprint density at radius 3 is 2.76 bits per heavy atom. The van der Waals surface area contributed by atoms with Gasteiger partial charge in [0.25, 0.3) is 5.56 Å². The molecule has 0 atom stereocenters. The fraction of sp³-hybridized carbons (Fsp3) is 0.200. The standard InChI is InChI=1S/C20H18N4O3S2/c1-11-12(2)29-18-16(11)17(25)22-15(23-18)10-27-19(26)14-9-21-20(28-3)24(14)13-7-5-4-6-8-13/h4-9H,10H2,1-3H3,(H,22,23,25). The van der Waals surface area contributed by atoms with Crippen LogP contribution in [0.2, 0.25) is 0 Å². The van der Waals surface area contributed by atoms with E-state index in [9.17, 15) is 9.59 Å². The van der Waals surface area contributed by atoms with Crippen molar-refractivity contribution in [1.29, 1.82) is 0 Å². The van der Waals surface area contributed by atoms with Crippen LogP contribution in [0.15, 0.2) is 46.5 Å². The van der Waals surface area contributed by atoms with E-state index in [1.807, 2.05) is 50.4 Å². The van der Waals surface area contributed by atoms with Gasteiger partial charge in [0.1, 0.15) is 17.3 Å². The van der Waals surface area contributed by atoms with Gasteiger partial charge in [0.05, 0.1) is 11.6 Å². The van der Waals surface area contributed by atoms with Gasteiger partial charge in [-0.1, -0.05) is 30.0 Å². The summed E-state index contributed by atoms with van der Waals surface area (Å²) in [4.78, 5) is 38.3. The number of imidazole rings is 1. The van der Waals surface area contributed by atoms with Crippen LogP contribution in [0.4, 0.5) is 0 Å². The van der Waals surface area contributed by atoms with Gasteiger partial charge >= 0.3 is 5.97 Å². The molecule has 1 aromatic carbocycles. The van der Waals surface area contributed by atoms with Gasteiger partial charge in [-0.15, -0.1) is 11.3 Å². The third-order valence-corrected chi connectivity index (χ3v) is 6.32. The first-order valence-corrected chi connectivity index (χ1v) is 10.9. The first kappa shape index (κ1) is 19.4. The molecule has 0 radical (unpaired) electrons. The normalized spacial score (nSPS) is 11.1. The average molecular weight is 427 g/mol. The van der Waals surface area contributed by atoms with Crippen molar-refractivity contribution < 1.29 is 9.53 Å². The van der Waals surface area contributed by atoms with E-state index in [4.69, 9.17) is 4.74 Å². The Kier molecular flexibility index (Phi) is 5.25. The number of benzene rings is 1. The lowest BCUT2D eigenvalue weighted by Gasteiger charge is -2.10. The summed E-state index contributed by atoms with van der Waals surface area (Å²) in [5, 5.41) is 1.27. The molecule has 29 heavy (non-hydrogen) atoms. The third kappa shape index (κ3) is 3.58.